The van der Waals surface area contributed by atoms with Gasteiger partial charge in [0.15, 0.2) is 0 Å². The highest BCUT2D eigenvalue weighted by Crippen LogP contribution is 2.21. The van der Waals surface area contributed by atoms with E-state index in [4.69, 9.17) is 4.84 Å². The Hall–Kier alpha value is -1.77. The van der Waals surface area contributed by atoms with Gasteiger partial charge in [-0.05, 0) is 30.5 Å². The topological polar surface area (TPSA) is 24.8 Å². The van der Waals surface area contributed by atoms with Crippen LogP contribution in [0.15, 0.2) is 42.1 Å². The van der Waals surface area contributed by atoms with Gasteiger partial charge in [-0.15, -0.1) is 6.58 Å². The third-order valence-electron chi connectivity index (χ3n) is 3.14. The molecule has 1 heterocycles. The third-order valence-corrected chi connectivity index (χ3v) is 3.14. The standard InChI is InChI=1S/C15H20N2O/c1-4-5-6-14-11-15(16-18-14)12-7-9-13(10-8-12)17(2)3/h4,7-10,14H,1,5-6,11H2,2-3H3. The molecule has 1 aromatic carbocycles. The van der Waals surface area contributed by atoms with E-state index in [9.17, 15) is 0 Å². The van der Waals surface area contributed by atoms with Crippen LogP contribution in [0.1, 0.15) is 24.8 Å². The first-order valence-corrected chi connectivity index (χ1v) is 6.32. The summed E-state index contributed by atoms with van der Waals surface area (Å²) in [5.74, 6) is 0. The summed E-state index contributed by atoms with van der Waals surface area (Å²) >= 11 is 0. The monoisotopic (exact) mass is 244 g/mol. The zero-order valence-electron chi connectivity index (χ0n) is 11.1. The van der Waals surface area contributed by atoms with Gasteiger partial charge in [-0.3, -0.25) is 0 Å². The van der Waals surface area contributed by atoms with Crippen LogP contribution in [0.3, 0.4) is 0 Å². The molecule has 0 aromatic heterocycles. The molecule has 2 rings (SSSR count). The van der Waals surface area contributed by atoms with Crippen molar-refractivity contribution in [1.82, 2.24) is 0 Å². The lowest BCUT2D eigenvalue weighted by Crippen LogP contribution is -2.10. The average Bonchev–Trinajstić information content (AvgIpc) is 2.85. The van der Waals surface area contributed by atoms with Crippen molar-refractivity contribution in [1.29, 1.82) is 0 Å². The first-order valence-electron chi connectivity index (χ1n) is 6.32. The SMILES string of the molecule is C=CCCC1CC(c2ccc(N(C)C)cc2)=NO1. The minimum atomic E-state index is 0.214. The van der Waals surface area contributed by atoms with Crippen molar-refractivity contribution in [2.24, 2.45) is 5.16 Å². The summed E-state index contributed by atoms with van der Waals surface area (Å²) in [7, 11) is 4.08. The van der Waals surface area contributed by atoms with Crippen molar-refractivity contribution in [2.45, 2.75) is 25.4 Å². The lowest BCUT2D eigenvalue weighted by molar-refractivity contribution is 0.0799. The van der Waals surface area contributed by atoms with Gasteiger partial charge in [0, 0.05) is 26.2 Å². The summed E-state index contributed by atoms with van der Waals surface area (Å²) in [5.41, 5.74) is 3.40. The zero-order valence-corrected chi connectivity index (χ0v) is 11.1. The highest BCUT2D eigenvalue weighted by Gasteiger charge is 2.21. The number of anilines is 1. The van der Waals surface area contributed by atoms with Crippen molar-refractivity contribution in [2.75, 3.05) is 19.0 Å². The van der Waals surface area contributed by atoms with E-state index >= 15 is 0 Å². The van der Waals surface area contributed by atoms with Gasteiger partial charge in [-0.2, -0.15) is 0 Å². The van der Waals surface area contributed by atoms with E-state index < -0.39 is 0 Å². The van der Waals surface area contributed by atoms with E-state index in [0.717, 1.165) is 30.5 Å². The van der Waals surface area contributed by atoms with Crippen molar-refractivity contribution in [3.8, 4) is 0 Å². The maximum Gasteiger partial charge on any atom is 0.133 e. The summed E-state index contributed by atoms with van der Waals surface area (Å²) in [5, 5.41) is 4.18. The molecule has 1 atom stereocenters. The molecule has 96 valence electrons. The molecule has 18 heavy (non-hydrogen) atoms. The summed E-state index contributed by atoms with van der Waals surface area (Å²) in [6.07, 6.45) is 5.01. The average molecular weight is 244 g/mol. The normalized spacial score (nSPS) is 18.1. The molecule has 1 aliphatic heterocycles. The molecular weight excluding hydrogens is 224 g/mol. The maximum atomic E-state index is 5.43. The Morgan fingerprint density at radius 1 is 1.39 bits per heavy atom. The van der Waals surface area contributed by atoms with Crippen LogP contribution in [-0.2, 0) is 4.84 Å². The molecule has 0 bridgehead atoms. The fourth-order valence-corrected chi connectivity index (χ4v) is 2.01. The van der Waals surface area contributed by atoms with Gasteiger partial charge in [0.25, 0.3) is 0 Å². The molecule has 1 unspecified atom stereocenters. The highest BCUT2D eigenvalue weighted by atomic mass is 16.6. The van der Waals surface area contributed by atoms with E-state index in [0.29, 0.717) is 0 Å². The van der Waals surface area contributed by atoms with E-state index in [1.807, 2.05) is 20.2 Å². The van der Waals surface area contributed by atoms with Crippen LogP contribution in [0.2, 0.25) is 0 Å². The Morgan fingerprint density at radius 3 is 2.72 bits per heavy atom. The van der Waals surface area contributed by atoms with Crippen LogP contribution in [-0.4, -0.2) is 25.9 Å². The number of hydrogen-bond acceptors (Lipinski definition) is 3. The molecule has 0 saturated carbocycles. The van der Waals surface area contributed by atoms with Gasteiger partial charge in [-0.1, -0.05) is 23.4 Å². The minimum absolute atomic E-state index is 0.214. The number of hydrogen-bond donors (Lipinski definition) is 0. The molecule has 0 aliphatic carbocycles. The number of allylic oxidation sites excluding steroid dienone is 1. The fourth-order valence-electron chi connectivity index (χ4n) is 2.01. The molecule has 0 saturated heterocycles. The van der Waals surface area contributed by atoms with Gasteiger partial charge in [0.1, 0.15) is 6.10 Å². The van der Waals surface area contributed by atoms with Gasteiger partial charge < -0.3 is 9.74 Å². The number of oxime groups is 1. The Bertz CT molecular complexity index is 434. The molecule has 0 radical (unpaired) electrons. The van der Waals surface area contributed by atoms with E-state index in [-0.39, 0.29) is 6.10 Å². The second-order valence-corrected chi connectivity index (χ2v) is 4.78. The van der Waals surface area contributed by atoms with Crippen LogP contribution < -0.4 is 4.90 Å². The van der Waals surface area contributed by atoms with Crippen molar-refractivity contribution < 1.29 is 4.84 Å². The summed E-state index contributed by atoms with van der Waals surface area (Å²) in [6, 6.07) is 8.42. The molecular formula is C15H20N2O. The molecule has 3 nitrogen and oxygen atoms in total. The van der Waals surface area contributed by atoms with Crippen LogP contribution in [0.25, 0.3) is 0 Å². The Kier molecular flexibility index (Phi) is 4.03. The van der Waals surface area contributed by atoms with Crippen LogP contribution in [0, 0.1) is 0 Å². The van der Waals surface area contributed by atoms with Gasteiger partial charge >= 0.3 is 0 Å². The van der Waals surface area contributed by atoms with Gasteiger partial charge in [0.05, 0.1) is 5.71 Å². The van der Waals surface area contributed by atoms with Crippen molar-refractivity contribution >= 4 is 11.4 Å². The smallest absolute Gasteiger partial charge is 0.133 e. The third kappa shape index (κ3) is 2.92. The summed E-state index contributed by atoms with van der Waals surface area (Å²) < 4.78 is 0. The molecule has 0 amide bonds. The minimum Gasteiger partial charge on any atom is -0.392 e. The van der Waals surface area contributed by atoms with Crippen LogP contribution in [0.4, 0.5) is 5.69 Å². The maximum absolute atomic E-state index is 5.43. The van der Waals surface area contributed by atoms with Gasteiger partial charge in [0.2, 0.25) is 0 Å². The van der Waals surface area contributed by atoms with E-state index in [1.165, 1.54) is 5.69 Å². The molecule has 1 aliphatic rings. The molecule has 1 aromatic rings. The van der Waals surface area contributed by atoms with Crippen LogP contribution >= 0.6 is 0 Å². The second-order valence-electron chi connectivity index (χ2n) is 4.78. The van der Waals surface area contributed by atoms with Crippen LogP contribution in [0.5, 0.6) is 0 Å². The number of rotatable bonds is 5. The highest BCUT2D eigenvalue weighted by molar-refractivity contribution is 6.01. The predicted molar refractivity (Wildman–Crippen MR) is 76.2 cm³/mol. The van der Waals surface area contributed by atoms with Crippen molar-refractivity contribution in [3.63, 3.8) is 0 Å². The summed E-state index contributed by atoms with van der Waals surface area (Å²) in [6.45, 7) is 3.73. The molecule has 0 fully saturated rings. The number of benzene rings is 1. The largest absolute Gasteiger partial charge is 0.392 e. The van der Waals surface area contributed by atoms with E-state index in [1.54, 1.807) is 0 Å². The zero-order chi connectivity index (χ0) is 13.0. The lowest BCUT2D eigenvalue weighted by Gasteiger charge is -2.12. The Labute approximate surface area is 109 Å². The first kappa shape index (κ1) is 12.7. The fraction of sp³-hybridized carbons (Fsp3) is 0.400. The van der Waals surface area contributed by atoms with E-state index in [2.05, 4.69) is 40.9 Å². The first-order chi connectivity index (χ1) is 8.70. The van der Waals surface area contributed by atoms with Gasteiger partial charge in [-0.25, -0.2) is 0 Å². The van der Waals surface area contributed by atoms with Crippen molar-refractivity contribution in [3.05, 3.63) is 42.5 Å². The Balaban J connectivity index is 1.98. The molecule has 3 heteroatoms. The molecule has 0 N–H and O–H groups in total. The Morgan fingerprint density at radius 2 is 2.11 bits per heavy atom. The quantitative estimate of drug-likeness (QED) is 0.743. The summed E-state index contributed by atoms with van der Waals surface area (Å²) in [4.78, 5) is 7.52. The predicted octanol–water partition coefficient (Wildman–Crippen LogP) is 3.21. The molecule has 0 spiro atoms. The lowest BCUT2D eigenvalue weighted by atomic mass is 10.0. The second kappa shape index (κ2) is 5.71. The number of nitrogens with zero attached hydrogens (tertiary/aromatic N) is 2.